The lowest BCUT2D eigenvalue weighted by Gasteiger charge is -2.27. The molecule has 2 aromatic carbocycles. The molecule has 0 heterocycles. The summed E-state index contributed by atoms with van der Waals surface area (Å²) in [6.07, 6.45) is -0.883. The van der Waals surface area contributed by atoms with Gasteiger partial charge in [0.15, 0.2) is 0 Å². The number of carboxylic acids is 1. The lowest BCUT2D eigenvalue weighted by atomic mass is 9.99. The van der Waals surface area contributed by atoms with E-state index >= 15 is 0 Å². The summed E-state index contributed by atoms with van der Waals surface area (Å²) < 4.78 is 18.5. The molecular formula is C23H30NO6P. The van der Waals surface area contributed by atoms with Crippen molar-refractivity contribution in [3.05, 3.63) is 71.8 Å². The molecule has 0 aromatic heterocycles. The Kier molecular flexibility index (Phi) is 9.28. The Hall–Kier alpha value is -2.63. The monoisotopic (exact) mass is 447 g/mol. The first kappa shape index (κ1) is 24.6. The Morgan fingerprint density at radius 1 is 1.00 bits per heavy atom. The van der Waals surface area contributed by atoms with Gasteiger partial charge in [0.2, 0.25) is 7.37 Å². The van der Waals surface area contributed by atoms with Crippen molar-refractivity contribution < 1.29 is 28.9 Å². The van der Waals surface area contributed by atoms with Crippen LogP contribution in [0.15, 0.2) is 60.7 Å². The van der Waals surface area contributed by atoms with Gasteiger partial charge in [-0.05, 0) is 23.5 Å². The minimum atomic E-state index is -4.08. The van der Waals surface area contributed by atoms with Crippen LogP contribution in [0.1, 0.15) is 31.4 Å². The average Bonchev–Trinajstić information content (AvgIpc) is 2.72. The normalized spacial score (nSPS) is 15.0. The van der Waals surface area contributed by atoms with Gasteiger partial charge in [0.1, 0.15) is 12.4 Å². The van der Waals surface area contributed by atoms with Crippen molar-refractivity contribution in [2.24, 2.45) is 11.8 Å². The predicted octanol–water partition coefficient (Wildman–Crippen LogP) is 4.50. The van der Waals surface area contributed by atoms with Crippen molar-refractivity contribution in [1.82, 2.24) is 5.32 Å². The van der Waals surface area contributed by atoms with Gasteiger partial charge in [-0.2, -0.15) is 0 Å². The molecule has 168 valence electrons. The maximum absolute atomic E-state index is 13.2. The maximum atomic E-state index is 13.2. The molecule has 3 unspecified atom stereocenters. The first-order valence-electron chi connectivity index (χ1n) is 10.2. The molecule has 0 aliphatic rings. The SMILES string of the molecule is CC(C)CC(CP(=O)(O)C(Cc1ccccc1)NC(=O)OCc1ccccc1)C(=O)O. The molecule has 0 aliphatic heterocycles. The van der Waals surface area contributed by atoms with E-state index in [-0.39, 0.29) is 25.4 Å². The predicted molar refractivity (Wildman–Crippen MR) is 119 cm³/mol. The number of nitrogens with one attached hydrogen (secondary N) is 1. The summed E-state index contributed by atoms with van der Waals surface area (Å²) in [4.78, 5) is 34.8. The summed E-state index contributed by atoms with van der Waals surface area (Å²) in [5.41, 5.74) is 1.54. The maximum Gasteiger partial charge on any atom is 0.408 e. The number of rotatable bonds is 11. The van der Waals surface area contributed by atoms with E-state index in [0.717, 1.165) is 11.1 Å². The fourth-order valence-corrected chi connectivity index (χ4v) is 5.29. The Balaban J connectivity index is 2.15. The van der Waals surface area contributed by atoms with Crippen LogP contribution >= 0.6 is 7.37 Å². The van der Waals surface area contributed by atoms with Crippen LogP contribution in [-0.4, -0.2) is 34.0 Å². The molecule has 0 aliphatic carbocycles. The zero-order chi connectivity index (χ0) is 22.9. The van der Waals surface area contributed by atoms with E-state index in [1.807, 2.05) is 38.1 Å². The number of hydrogen-bond donors (Lipinski definition) is 3. The third-order valence-electron chi connectivity index (χ3n) is 4.84. The Morgan fingerprint density at radius 2 is 1.55 bits per heavy atom. The smallest absolute Gasteiger partial charge is 0.408 e. The van der Waals surface area contributed by atoms with Crippen LogP contribution in [0, 0.1) is 11.8 Å². The summed E-state index contributed by atoms with van der Waals surface area (Å²) in [6.45, 7) is 3.74. The topological polar surface area (TPSA) is 113 Å². The van der Waals surface area contributed by atoms with E-state index in [0.29, 0.717) is 0 Å². The number of amides is 1. The number of hydrogen-bond acceptors (Lipinski definition) is 4. The number of carbonyl (C=O) groups excluding carboxylic acids is 1. The fourth-order valence-electron chi connectivity index (χ4n) is 3.30. The van der Waals surface area contributed by atoms with Gasteiger partial charge in [0.25, 0.3) is 0 Å². The second-order valence-electron chi connectivity index (χ2n) is 8.01. The number of aliphatic carboxylic acids is 1. The van der Waals surface area contributed by atoms with E-state index in [1.165, 1.54) is 0 Å². The largest absolute Gasteiger partial charge is 0.481 e. The van der Waals surface area contributed by atoms with Crippen LogP contribution in [0.4, 0.5) is 4.79 Å². The van der Waals surface area contributed by atoms with E-state index in [1.54, 1.807) is 36.4 Å². The minimum absolute atomic E-state index is 0.0194. The van der Waals surface area contributed by atoms with Crippen molar-refractivity contribution in [1.29, 1.82) is 0 Å². The second kappa shape index (κ2) is 11.7. The number of carbonyl (C=O) groups is 2. The van der Waals surface area contributed by atoms with Crippen LogP contribution in [-0.2, 0) is 27.1 Å². The number of alkyl carbamates (subject to hydrolysis) is 1. The summed E-state index contributed by atoms with van der Waals surface area (Å²) in [5, 5.41) is 12.0. The molecular weight excluding hydrogens is 417 g/mol. The lowest BCUT2D eigenvalue weighted by Crippen LogP contribution is -2.38. The quantitative estimate of drug-likeness (QED) is 0.437. The minimum Gasteiger partial charge on any atom is -0.481 e. The third kappa shape index (κ3) is 8.56. The van der Waals surface area contributed by atoms with E-state index in [4.69, 9.17) is 4.74 Å². The number of carboxylic acid groups (broad SMARTS) is 1. The Morgan fingerprint density at radius 3 is 2.06 bits per heavy atom. The van der Waals surface area contributed by atoms with Crippen molar-refractivity contribution in [3.8, 4) is 0 Å². The molecule has 0 saturated heterocycles. The molecule has 3 atom stereocenters. The average molecular weight is 447 g/mol. The van der Waals surface area contributed by atoms with Crippen LogP contribution in [0.3, 0.4) is 0 Å². The van der Waals surface area contributed by atoms with Crippen molar-refractivity contribution in [3.63, 3.8) is 0 Å². The summed E-state index contributed by atoms with van der Waals surface area (Å²) in [5.74, 6) is -3.20. The fraction of sp³-hybridized carbons (Fsp3) is 0.391. The second-order valence-corrected chi connectivity index (χ2v) is 10.5. The summed E-state index contributed by atoms with van der Waals surface area (Å²) >= 11 is 0. The van der Waals surface area contributed by atoms with Crippen molar-refractivity contribution >= 4 is 19.4 Å². The molecule has 3 N–H and O–H groups in total. The Labute approximate surface area is 182 Å². The van der Waals surface area contributed by atoms with Crippen molar-refractivity contribution in [2.45, 2.75) is 39.1 Å². The van der Waals surface area contributed by atoms with Crippen LogP contribution in [0.25, 0.3) is 0 Å². The van der Waals surface area contributed by atoms with Crippen LogP contribution < -0.4 is 5.32 Å². The van der Waals surface area contributed by atoms with Gasteiger partial charge in [0, 0.05) is 12.6 Å². The molecule has 8 heteroatoms. The zero-order valence-electron chi connectivity index (χ0n) is 17.8. The number of benzene rings is 2. The highest BCUT2D eigenvalue weighted by atomic mass is 31.2. The third-order valence-corrected chi connectivity index (χ3v) is 7.09. The molecule has 0 bridgehead atoms. The first-order valence-corrected chi connectivity index (χ1v) is 12.1. The van der Waals surface area contributed by atoms with E-state index in [9.17, 15) is 24.2 Å². The number of ether oxygens (including phenoxy) is 1. The zero-order valence-corrected chi connectivity index (χ0v) is 18.7. The molecule has 2 rings (SSSR count). The molecule has 0 fully saturated rings. The summed E-state index contributed by atoms with van der Waals surface area (Å²) in [7, 11) is -4.08. The highest BCUT2D eigenvalue weighted by Gasteiger charge is 2.37. The molecule has 0 radical (unpaired) electrons. The lowest BCUT2D eigenvalue weighted by molar-refractivity contribution is -0.141. The van der Waals surface area contributed by atoms with Crippen LogP contribution in [0.2, 0.25) is 0 Å². The van der Waals surface area contributed by atoms with Gasteiger partial charge in [-0.3, -0.25) is 9.36 Å². The van der Waals surface area contributed by atoms with Gasteiger partial charge in [-0.15, -0.1) is 0 Å². The molecule has 0 spiro atoms. The first-order chi connectivity index (χ1) is 14.7. The van der Waals surface area contributed by atoms with E-state index < -0.39 is 37.3 Å². The molecule has 7 nitrogen and oxygen atoms in total. The molecule has 1 amide bonds. The van der Waals surface area contributed by atoms with Gasteiger partial charge in [-0.25, -0.2) is 4.79 Å². The standard InChI is InChI=1S/C23H30NO6P/c1-17(2)13-20(22(25)26)16-31(28,29)21(14-18-9-5-3-6-10-18)24-23(27)30-15-19-11-7-4-8-12-19/h3-12,17,20-21H,13-16H2,1-2H3,(H,24,27)(H,25,26)(H,28,29). The van der Waals surface area contributed by atoms with Gasteiger partial charge >= 0.3 is 12.1 Å². The summed E-state index contributed by atoms with van der Waals surface area (Å²) in [6, 6.07) is 18.1. The van der Waals surface area contributed by atoms with Crippen LogP contribution in [0.5, 0.6) is 0 Å². The Bertz CT molecular complexity index is 887. The van der Waals surface area contributed by atoms with E-state index in [2.05, 4.69) is 5.32 Å². The van der Waals surface area contributed by atoms with Gasteiger partial charge < -0.3 is 20.1 Å². The molecule has 31 heavy (non-hydrogen) atoms. The highest BCUT2D eigenvalue weighted by Crippen LogP contribution is 2.49. The highest BCUT2D eigenvalue weighted by molar-refractivity contribution is 7.58. The van der Waals surface area contributed by atoms with Gasteiger partial charge in [-0.1, -0.05) is 74.5 Å². The molecule has 0 saturated carbocycles. The van der Waals surface area contributed by atoms with Gasteiger partial charge in [0.05, 0.1) is 5.92 Å². The van der Waals surface area contributed by atoms with Crippen molar-refractivity contribution in [2.75, 3.05) is 6.16 Å². The molecule has 2 aromatic rings.